The number of halogens is 1. The first-order chi connectivity index (χ1) is 8.84. The number of hydrogen-bond donors (Lipinski definition) is 0. The molecule has 1 saturated carbocycles. The van der Waals surface area contributed by atoms with Gasteiger partial charge in [0.15, 0.2) is 0 Å². The molecule has 106 valence electrons. The third kappa shape index (κ3) is 3.19. The van der Waals surface area contributed by atoms with E-state index in [0.29, 0.717) is 11.2 Å². The minimum Gasteiger partial charge on any atom is -0.353 e. The second-order valence-electron chi connectivity index (χ2n) is 6.46. The third-order valence-corrected chi connectivity index (χ3v) is 3.82. The molecule has 0 amide bonds. The summed E-state index contributed by atoms with van der Waals surface area (Å²) in [6, 6.07) is 0.650. The van der Waals surface area contributed by atoms with Crippen LogP contribution in [0.1, 0.15) is 58.3 Å². The van der Waals surface area contributed by atoms with E-state index in [2.05, 4.69) is 37.6 Å². The monoisotopic (exact) mass is 281 g/mol. The van der Waals surface area contributed by atoms with Gasteiger partial charge in [0.1, 0.15) is 16.8 Å². The predicted molar refractivity (Wildman–Crippen MR) is 81.1 cm³/mol. The van der Waals surface area contributed by atoms with Gasteiger partial charge in [0, 0.05) is 23.6 Å². The van der Waals surface area contributed by atoms with Crippen molar-refractivity contribution in [1.29, 1.82) is 0 Å². The number of anilines is 1. The van der Waals surface area contributed by atoms with Gasteiger partial charge in [0.05, 0.1) is 0 Å². The van der Waals surface area contributed by atoms with Crippen molar-refractivity contribution in [3.8, 4) is 0 Å². The zero-order chi connectivity index (χ0) is 14.2. The lowest BCUT2D eigenvalue weighted by atomic mass is 9.95. The molecular formula is C15H24ClN3. The van der Waals surface area contributed by atoms with Crippen LogP contribution >= 0.6 is 11.6 Å². The molecule has 1 heterocycles. The molecule has 0 spiro atoms. The molecule has 1 aliphatic carbocycles. The molecule has 1 fully saturated rings. The summed E-state index contributed by atoms with van der Waals surface area (Å²) in [4.78, 5) is 11.7. The number of aromatic nitrogens is 2. The average molecular weight is 282 g/mol. The Morgan fingerprint density at radius 1 is 1.26 bits per heavy atom. The summed E-state index contributed by atoms with van der Waals surface area (Å²) in [7, 11) is 0. The fraction of sp³-hybridized carbons (Fsp3) is 0.733. The van der Waals surface area contributed by atoms with Crippen molar-refractivity contribution in [2.75, 3.05) is 11.4 Å². The van der Waals surface area contributed by atoms with Crippen LogP contribution in [0.4, 0.5) is 5.82 Å². The van der Waals surface area contributed by atoms with Crippen molar-refractivity contribution in [2.45, 2.75) is 65.3 Å². The lowest BCUT2D eigenvalue weighted by Gasteiger charge is -2.27. The SMILES string of the molecule is CCCN(c1nc(C(C)(C)C)nc(Cl)c1C)C1CC1. The average Bonchev–Trinajstić information content (AvgIpc) is 3.12. The van der Waals surface area contributed by atoms with E-state index in [1.807, 2.05) is 6.92 Å². The summed E-state index contributed by atoms with van der Waals surface area (Å²) in [6.07, 6.45) is 3.67. The highest BCUT2D eigenvalue weighted by atomic mass is 35.5. The zero-order valence-corrected chi connectivity index (χ0v) is 13.4. The highest BCUT2D eigenvalue weighted by molar-refractivity contribution is 6.30. The molecule has 1 aromatic rings. The van der Waals surface area contributed by atoms with Crippen LogP contribution in [-0.4, -0.2) is 22.6 Å². The lowest BCUT2D eigenvalue weighted by molar-refractivity contribution is 0.542. The lowest BCUT2D eigenvalue weighted by Crippen LogP contribution is -2.30. The van der Waals surface area contributed by atoms with Gasteiger partial charge in [0.25, 0.3) is 0 Å². The van der Waals surface area contributed by atoms with Crippen molar-refractivity contribution in [1.82, 2.24) is 9.97 Å². The summed E-state index contributed by atoms with van der Waals surface area (Å²) in [5.41, 5.74) is 0.933. The highest BCUT2D eigenvalue weighted by Crippen LogP contribution is 2.35. The van der Waals surface area contributed by atoms with Gasteiger partial charge in [-0.1, -0.05) is 39.3 Å². The predicted octanol–water partition coefficient (Wildman–Crippen LogP) is 4.11. The van der Waals surface area contributed by atoms with Crippen LogP contribution in [0.15, 0.2) is 0 Å². The van der Waals surface area contributed by atoms with E-state index in [0.717, 1.165) is 30.2 Å². The summed E-state index contributed by atoms with van der Waals surface area (Å²) < 4.78 is 0. The fourth-order valence-corrected chi connectivity index (χ4v) is 2.35. The number of nitrogens with zero attached hydrogens (tertiary/aromatic N) is 3. The Balaban J connectivity index is 2.45. The quantitative estimate of drug-likeness (QED) is 0.778. The van der Waals surface area contributed by atoms with Gasteiger partial charge in [-0.05, 0) is 26.2 Å². The van der Waals surface area contributed by atoms with E-state index in [-0.39, 0.29) is 5.41 Å². The summed E-state index contributed by atoms with van der Waals surface area (Å²) in [5.74, 6) is 1.87. The molecule has 0 unspecified atom stereocenters. The van der Waals surface area contributed by atoms with Crippen LogP contribution in [-0.2, 0) is 5.41 Å². The van der Waals surface area contributed by atoms with Crippen LogP contribution in [0.3, 0.4) is 0 Å². The Morgan fingerprint density at radius 2 is 1.89 bits per heavy atom. The largest absolute Gasteiger partial charge is 0.353 e. The van der Waals surface area contributed by atoms with Crippen LogP contribution in [0.2, 0.25) is 5.15 Å². The van der Waals surface area contributed by atoms with Crippen LogP contribution in [0, 0.1) is 6.92 Å². The molecule has 0 aromatic carbocycles. The molecule has 1 aromatic heterocycles. The Hall–Kier alpha value is -0.830. The molecule has 0 bridgehead atoms. The maximum absolute atomic E-state index is 6.32. The second kappa shape index (κ2) is 5.28. The molecule has 0 atom stereocenters. The molecule has 4 heteroatoms. The smallest absolute Gasteiger partial charge is 0.137 e. The first kappa shape index (κ1) is 14.6. The third-order valence-electron chi connectivity index (χ3n) is 3.46. The van der Waals surface area contributed by atoms with Crippen molar-refractivity contribution < 1.29 is 0 Å². The molecular weight excluding hydrogens is 258 g/mol. The van der Waals surface area contributed by atoms with Gasteiger partial charge < -0.3 is 4.90 Å². The Kier molecular flexibility index (Phi) is 4.05. The topological polar surface area (TPSA) is 29.0 Å². The van der Waals surface area contributed by atoms with Crippen LogP contribution < -0.4 is 4.90 Å². The van der Waals surface area contributed by atoms with Gasteiger partial charge in [-0.25, -0.2) is 9.97 Å². The van der Waals surface area contributed by atoms with E-state index in [1.54, 1.807) is 0 Å². The molecule has 3 nitrogen and oxygen atoms in total. The van der Waals surface area contributed by atoms with E-state index < -0.39 is 0 Å². The molecule has 0 aliphatic heterocycles. The minimum absolute atomic E-state index is 0.0759. The zero-order valence-electron chi connectivity index (χ0n) is 12.6. The first-order valence-corrected chi connectivity index (χ1v) is 7.53. The van der Waals surface area contributed by atoms with E-state index >= 15 is 0 Å². The Morgan fingerprint density at radius 3 is 2.37 bits per heavy atom. The maximum atomic E-state index is 6.32. The maximum Gasteiger partial charge on any atom is 0.137 e. The standard InChI is InChI=1S/C15H24ClN3/c1-6-9-19(11-7-8-11)13-10(2)12(16)17-14(18-13)15(3,4)5/h11H,6-9H2,1-5H3. The fourth-order valence-electron chi connectivity index (χ4n) is 2.18. The molecule has 0 radical (unpaired) electrons. The van der Waals surface area contributed by atoms with Gasteiger partial charge in [0.2, 0.25) is 0 Å². The van der Waals surface area contributed by atoms with Crippen LogP contribution in [0.25, 0.3) is 0 Å². The normalized spacial score (nSPS) is 15.7. The first-order valence-electron chi connectivity index (χ1n) is 7.16. The van der Waals surface area contributed by atoms with Crippen LogP contribution in [0.5, 0.6) is 0 Å². The van der Waals surface area contributed by atoms with Crippen molar-refractivity contribution >= 4 is 17.4 Å². The van der Waals surface area contributed by atoms with Crippen molar-refractivity contribution in [2.24, 2.45) is 0 Å². The molecule has 0 saturated heterocycles. The van der Waals surface area contributed by atoms with Crippen molar-refractivity contribution in [3.63, 3.8) is 0 Å². The van der Waals surface area contributed by atoms with E-state index in [1.165, 1.54) is 12.8 Å². The van der Waals surface area contributed by atoms with Gasteiger partial charge in [-0.15, -0.1) is 0 Å². The Bertz CT molecular complexity index is 461. The molecule has 0 N–H and O–H groups in total. The minimum atomic E-state index is -0.0759. The molecule has 1 aliphatic rings. The number of hydrogen-bond acceptors (Lipinski definition) is 3. The van der Waals surface area contributed by atoms with Gasteiger partial charge in [-0.2, -0.15) is 0 Å². The summed E-state index contributed by atoms with van der Waals surface area (Å²) in [6.45, 7) is 11.6. The summed E-state index contributed by atoms with van der Waals surface area (Å²) in [5, 5.41) is 0.594. The highest BCUT2D eigenvalue weighted by Gasteiger charge is 2.32. The molecule has 2 rings (SSSR count). The van der Waals surface area contributed by atoms with Gasteiger partial charge >= 0.3 is 0 Å². The van der Waals surface area contributed by atoms with E-state index in [4.69, 9.17) is 16.6 Å². The molecule has 19 heavy (non-hydrogen) atoms. The van der Waals surface area contributed by atoms with E-state index in [9.17, 15) is 0 Å². The summed E-state index contributed by atoms with van der Waals surface area (Å²) >= 11 is 6.32. The van der Waals surface area contributed by atoms with Gasteiger partial charge in [-0.3, -0.25) is 0 Å². The second-order valence-corrected chi connectivity index (χ2v) is 6.82. The van der Waals surface area contributed by atoms with Crippen molar-refractivity contribution in [3.05, 3.63) is 16.5 Å². The Labute approximate surface area is 121 Å². The number of rotatable bonds is 4.